The van der Waals surface area contributed by atoms with Crippen LogP contribution in [0.25, 0.3) is 0 Å². The molecule has 0 radical (unpaired) electrons. The fraction of sp³-hybridized carbons (Fsp3) is 0.286. The van der Waals surface area contributed by atoms with Gasteiger partial charge in [0.1, 0.15) is 5.03 Å². The summed E-state index contributed by atoms with van der Waals surface area (Å²) < 4.78 is 0. The highest BCUT2D eigenvalue weighted by atomic mass is 32.2. The summed E-state index contributed by atoms with van der Waals surface area (Å²) in [4.78, 5) is 24.9. The average Bonchev–Trinajstić information content (AvgIpc) is 3.17. The van der Waals surface area contributed by atoms with E-state index in [1.165, 1.54) is 30.6 Å². The van der Waals surface area contributed by atoms with Gasteiger partial charge in [-0.2, -0.15) is 0 Å². The van der Waals surface area contributed by atoms with Crippen molar-refractivity contribution in [1.29, 1.82) is 0 Å². The van der Waals surface area contributed by atoms with Crippen LogP contribution in [0.4, 0.5) is 5.13 Å². The van der Waals surface area contributed by atoms with Gasteiger partial charge in [0.25, 0.3) is 5.91 Å². The lowest BCUT2D eigenvalue weighted by Gasteiger charge is -2.25. The predicted molar refractivity (Wildman–Crippen MR) is 114 cm³/mol. The van der Waals surface area contributed by atoms with Crippen molar-refractivity contribution in [1.82, 2.24) is 14.9 Å². The number of hydrogen-bond donors (Lipinski definition) is 1. The molecule has 144 valence electrons. The van der Waals surface area contributed by atoms with Crippen LogP contribution in [0.2, 0.25) is 0 Å². The van der Waals surface area contributed by atoms with E-state index in [4.69, 9.17) is 0 Å². The highest BCUT2D eigenvalue weighted by Crippen LogP contribution is 2.26. The van der Waals surface area contributed by atoms with E-state index in [0.29, 0.717) is 10.7 Å². The minimum absolute atomic E-state index is 0.131. The summed E-state index contributed by atoms with van der Waals surface area (Å²) in [6.07, 6.45) is 5.64. The van der Waals surface area contributed by atoms with Crippen LogP contribution in [0.1, 0.15) is 35.3 Å². The molecule has 0 spiro atoms. The van der Waals surface area contributed by atoms with Crippen LogP contribution in [-0.2, 0) is 6.54 Å². The molecule has 0 unspecified atom stereocenters. The number of carbonyl (C=O) groups is 1. The molecule has 28 heavy (non-hydrogen) atoms. The summed E-state index contributed by atoms with van der Waals surface area (Å²) in [7, 11) is 0. The zero-order valence-electron chi connectivity index (χ0n) is 15.5. The number of pyridine rings is 1. The lowest BCUT2D eigenvalue weighted by atomic mass is 10.1. The molecule has 0 atom stereocenters. The van der Waals surface area contributed by atoms with Crippen LogP contribution in [0.5, 0.6) is 0 Å². The Morgan fingerprint density at radius 3 is 2.68 bits per heavy atom. The smallest absolute Gasteiger partial charge is 0.257 e. The monoisotopic (exact) mass is 410 g/mol. The fourth-order valence-corrected chi connectivity index (χ4v) is 4.63. The van der Waals surface area contributed by atoms with Crippen molar-refractivity contribution in [2.24, 2.45) is 0 Å². The van der Waals surface area contributed by atoms with Crippen molar-refractivity contribution >= 4 is 34.1 Å². The molecule has 1 aliphatic heterocycles. The Kier molecular flexibility index (Phi) is 6.36. The summed E-state index contributed by atoms with van der Waals surface area (Å²) in [5.41, 5.74) is 1.66. The highest BCUT2D eigenvalue weighted by molar-refractivity contribution is 7.99. The summed E-state index contributed by atoms with van der Waals surface area (Å²) in [6, 6.07) is 13.4. The maximum absolute atomic E-state index is 12.5. The Morgan fingerprint density at radius 2 is 1.93 bits per heavy atom. The predicted octanol–water partition coefficient (Wildman–Crippen LogP) is 4.93. The molecule has 0 aliphatic carbocycles. The van der Waals surface area contributed by atoms with Gasteiger partial charge in [0.05, 0.1) is 5.69 Å². The number of benzene rings is 1. The molecule has 7 heteroatoms. The van der Waals surface area contributed by atoms with Gasteiger partial charge in [0.2, 0.25) is 0 Å². The van der Waals surface area contributed by atoms with E-state index in [1.807, 2.05) is 47.8 Å². The van der Waals surface area contributed by atoms with Gasteiger partial charge in [-0.05, 0) is 62.3 Å². The number of carbonyl (C=O) groups excluding carboxylic acids is 1. The zero-order valence-corrected chi connectivity index (χ0v) is 17.1. The van der Waals surface area contributed by atoms with Gasteiger partial charge < -0.3 is 0 Å². The third kappa shape index (κ3) is 5.19. The van der Waals surface area contributed by atoms with Crippen LogP contribution in [0, 0.1) is 0 Å². The lowest BCUT2D eigenvalue weighted by Crippen LogP contribution is -2.29. The first kappa shape index (κ1) is 19.1. The summed E-state index contributed by atoms with van der Waals surface area (Å²) in [5.74, 6) is -0.131. The third-order valence-corrected chi connectivity index (χ3v) is 6.35. The summed E-state index contributed by atoms with van der Waals surface area (Å²) in [6.45, 7) is 3.15. The van der Waals surface area contributed by atoms with Crippen molar-refractivity contribution in [3.05, 3.63) is 65.3 Å². The van der Waals surface area contributed by atoms with E-state index < -0.39 is 0 Å². The number of hydrogen-bond acceptors (Lipinski definition) is 6. The molecule has 4 rings (SSSR count). The minimum Gasteiger partial charge on any atom is -0.298 e. The zero-order chi connectivity index (χ0) is 19.2. The number of aromatic nitrogens is 2. The Bertz CT molecular complexity index is 906. The van der Waals surface area contributed by atoms with Crippen molar-refractivity contribution in [2.75, 3.05) is 18.4 Å². The molecule has 2 aromatic heterocycles. The molecular weight excluding hydrogens is 388 g/mol. The van der Waals surface area contributed by atoms with E-state index in [-0.39, 0.29) is 5.91 Å². The number of likely N-dealkylation sites (tertiary alicyclic amines) is 1. The second-order valence-corrected chi connectivity index (χ2v) is 8.68. The molecule has 5 nitrogen and oxygen atoms in total. The van der Waals surface area contributed by atoms with Gasteiger partial charge in [0.15, 0.2) is 5.13 Å². The number of nitrogens with one attached hydrogen (secondary N) is 1. The number of amides is 1. The minimum atomic E-state index is -0.131. The van der Waals surface area contributed by atoms with Gasteiger partial charge >= 0.3 is 0 Å². The first-order chi connectivity index (χ1) is 13.8. The Balaban J connectivity index is 1.33. The Morgan fingerprint density at radius 1 is 1.11 bits per heavy atom. The Labute approximate surface area is 173 Å². The summed E-state index contributed by atoms with van der Waals surface area (Å²) >= 11 is 3.06. The number of thiazole rings is 1. The van der Waals surface area contributed by atoms with Gasteiger partial charge in [-0.1, -0.05) is 24.2 Å². The molecule has 1 aromatic carbocycles. The van der Waals surface area contributed by atoms with Gasteiger partial charge in [-0.25, -0.2) is 9.97 Å². The van der Waals surface area contributed by atoms with E-state index in [1.54, 1.807) is 18.0 Å². The Hall–Kier alpha value is -2.22. The van der Waals surface area contributed by atoms with Gasteiger partial charge in [-0.15, -0.1) is 11.3 Å². The van der Waals surface area contributed by atoms with Crippen LogP contribution in [0.15, 0.2) is 64.0 Å². The first-order valence-corrected chi connectivity index (χ1v) is 11.1. The van der Waals surface area contributed by atoms with E-state index in [2.05, 4.69) is 20.2 Å². The molecule has 1 N–H and O–H groups in total. The highest BCUT2D eigenvalue weighted by Gasteiger charge is 2.14. The number of piperidine rings is 1. The quantitative estimate of drug-likeness (QED) is 0.625. The summed E-state index contributed by atoms with van der Waals surface area (Å²) in [5, 5.41) is 6.54. The normalized spacial score (nSPS) is 14.7. The fourth-order valence-electron chi connectivity index (χ4n) is 3.16. The second-order valence-electron chi connectivity index (χ2n) is 6.73. The molecule has 1 fully saturated rings. The molecule has 3 aromatic rings. The van der Waals surface area contributed by atoms with E-state index in [0.717, 1.165) is 35.2 Å². The van der Waals surface area contributed by atoms with Gasteiger partial charge in [0, 0.05) is 28.6 Å². The maximum atomic E-state index is 12.5. The molecule has 3 heterocycles. The number of nitrogens with zero attached hydrogens (tertiary/aromatic N) is 3. The lowest BCUT2D eigenvalue weighted by molar-refractivity contribution is 0.102. The first-order valence-electron chi connectivity index (χ1n) is 9.43. The molecular formula is C21H22N4OS2. The topological polar surface area (TPSA) is 58.1 Å². The van der Waals surface area contributed by atoms with Crippen LogP contribution in [-0.4, -0.2) is 33.9 Å². The van der Waals surface area contributed by atoms with Crippen LogP contribution < -0.4 is 5.32 Å². The van der Waals surface area contributed by atoms with E-state index in [9.17, 15) is 4.79 Å². The molecule has 0 saturated carbocycles. The standard InChI is InChI=1S/C21H22N4OS2/c26-20(16-7-9-18(10-8-16)28-19-6-2-3-11-22-19)24-21-23-17(15-27-21)14-25-12-4-1-5-13-25/h2-3,6-11,15H,1,4-5,12-14H2,(H,23,24,26). The second kappa shape index (κ2) is 9.32. The molecule has 0 bridgehead atoms. The van der Waals surface area contributed by atoms with E-state index >= 15 is 0 Å². The van der Waals surface area contributed by atoms with Crippen molar-refractivity contribution in [3.8, 4) is 0 Å². The largest absolute Gasteiger partial charge is 0.298 e. The van der Waals surface area contributed by atoms with Crippen molar-refractivity contribution < 1.29 is 4.79 Å². The molecule has 1 aliphatic rings. The van der Waals surface area contributed by atoms with Gasteiger partial charge in [-0.3, -0.25) is 15.0 Å². The maximum Gasteiger partial charge on any atom is 0.257 e. The average molecular weight is 411 g/mol. The SMILES string of the molecule is O=C(Nc1nc(CN2CCCCC2)cs1)c1ccc(Sc2ccccn2)cc1. The van der Waals surface area contributed by atoms with Crippen LogP contribution >= 0.6 is 23.1 Å². The van der Waals surface area contributed by atoms with Crippen LogP contribution in [0.3, 0.4) is 0 Å². The molecule has 1 amide bonds. The van der Waals surface area contributed by atoms with Crippen molar-refractivity contribution in [2.45, 2.75) is 35.7 Å². The number of rotatable bonds is 6. The van der Waals surface area contributed by atoms with Crippen molar-refractivity contribution in [3.63, 3.8) is 0 Å². The third-order valence-electron chi connectivity index (χ3n) is 4.58. The molecule has 1 saturated heterocycles. The number of anilines is 1.